The minimum atomic E-state index is -4.21. The monoisotopic (exact) mass is 477 g/mol. The van der Waals surface area contributed by atoms with Crippen molar-refractivity contribution in [3.8, 4) is 0 Å². The van der Waals surface area contributed by atoms with E-state index in [0.717, 1.165) is 11.1 Å². The van der Waals surface area contributed by atoms with Gasteiger partial charge in [-0.05, 0) is 42.3 Å². The molecule has 1 heterocycles. The Morgan fingerprint density at radius 1 is 0.971 bits per heavy atom. The second kappa shape index (κ2) is 9.15. The highest BCUT2D eigenvalue weighted by molar-refractivity contribution is 7.95. The number of aliphatic hydroxyl groups excluding tert-OH is 1. The van der Waals surface area contributed by atoms with Crippen LogP contribution in [0.5, 0.6) is 0 Å². The molecule has 0 saturated heterocycles. The van der Waals surface area contributed by atoms with Gasteiger partial charge in [0.05, 0.1) is 23.6 Å². The van der Waals surface area contributed by atoms with Gasteiger partial charge in [-0.3, -0.25) is 4.79 Å². The number of aryl methyl sites for hydroxylation is 1. The van der Waals surface area contributed by atoms with E-state index in [1.165, 1.54) is 36.3 Å². The molecule has 0 radical (unpaired) electrons. The highest BCUT2D eigenvalue weighted by Crippen LogP contribution is 2.43. The van der Waals surface area contributed by atoms with Crippen LogP contribution >= 0.6 is 0 Å². The predicted molar refractivity (Wildman–Crippen MR) is 126 cm³/mol. The summed E-state index contributed by atoms with van der Waals surface area (Å²) < 4.78 is 31.9. The molecule has 4 rings (SSSR count). The van der Waals surface area contributed by atoms with Crippen LogP contribution in [0.3, 0.4) is 0 Å². The lowest BCUT2D eigenvalue weighted by molar-refractivity contribution is -0.130. The van der Waals surface area contributed by atoms with Gasteiger partial charge in [-0.1, -0.05) is 60.2 Å². The number of carbonyl (C=O) groups is 2. The summed E-state index contributed by atoms with van der Waals surface area (Å²) in [6.45, 7) is 2.02. The summed E-state index contributed by atoms with van der Waals surface area (Å²) in [6, 6.07) is 20.2. The zero-order valence-electron chi connectivity index (χ0n) is 18.6. The molecule has 0 aromatic heterocycles. The molecule has 1 amide bonds. The van der Waals surface area contributed by atoms with Crippen LogP contribution in [0, 0.1) is 6.92 Å². The molecule has 0 aliphatic carbocycles. The zero-order valence-corrected chi connectivity index (χ0v) is 19.5. The van der Waals surface area contributed by atoms with Crippen molar-refractivity contribution in [2.24, 2.45) is 0 Å². The molecule has 1 aliphatic rings. The summed E-state index contributed by atoms with van der Waals surface area (Å²) in [5.41, 5.74) is 2.54. The summed E-state index contributed by atoms with van der Waals surface area (Å²) >= 11 is 0. The first-order valence-corrected chi connectivity index (χ1v) is 12.0. The van der Waals surface area contributed by atoms with Crippen molar-refractivity contribution in [2.45, 2.75) is 24.4 Å². The lowest BCUT2D eigenvalue weighted by Crippen LogP contribution is -2.30. The van der Waals surface area contributed by atoms with Gasteiger partial charge in [-0.2, -0.15) is 0 Å². The zero-order chi connectivity index (χ0) is 24.5. The van der Waals surface area contributed by atoms with Crippen molar-refractivity contribution in [2.75, 3.05) is 7.11 Å². The van der Waals surface area contributed by atoms with E-state index in [4.69, 9.17) is 4.74 Å². The molecule has 7 nitrogen and oxygen atoms in total. The van der Waals surface area contributed by atoms with Gasteiger partial charge in [0, 0.05) is 6.54 Å². The molecular weight excluding hydrogens is 454 g/mol. The fourth-order valence-electron chi connectivity index (χ4n) is 3.93. The number of rotatable bonds is 6. The average molecular weight is 478 g/mol. The first-order valence-electron chi connectivity index (χ1n) is 10.5. The van der Waals surface area contributed by atoms with Crippen LogP contribution in [-0.4, -0.2) is 37.4 Å². The Hall–Kier alpha value is -3.91. The smallest absolute Gasteiger partial charge is 0.337 e. The Kier molecular flexibility index (Phi) is 6.26. The van der Waals surface area contributed by atoms with E-state index in [2.05, 4.69) is 0 Å². The van der Waals surface area contributed by atoms with Gasteiger partial charge >= 0.3 is 5.97 Å². The molecule has 0 fully saturated rings. The minimum Gasteiger partial charge on any atom is -0.502 e. The third-order valence-electron chi connectivity index (χ3n) is 5.72. The number of aliphatic hydroxyl groups is 1. The normalized spacial score (nSPS) is 16.1. The molecule has 0 unspecified atom stereocenters. The van der Waals surface area contributed by atoms with Crippen LogP contribution in [-0.2, 0) is 25.9 Å². The van der Waals surface area contributed by atoms with E-state index in [1.54, 1.807) is 30.3 Å². The van der Waals surface area contributed by atoms with E-state index in [9.17, 15) is 23.1 Å². The average Bonchev–Trinajstić information content (AvgIpc) is 3.11. The summed E-state index contributed by atoms with van der Waals surface area (Å²) in [5.74, 6) is -2.13. The SMILES string of the molecule is COC(=O)c1ccc([C@H]2C(S(=O)(=O)c3ccccc3)=C(O)C(=O)N2Cc2ccc(C)cc2)cc1. The largest absolute Gasteiger partial charge is 0.502 e. The van der Waals surface area contributed by atoms with Gasteiger partial charge in [0.2, 0.25) is 9.84 Å². The molecule has 0 spiro atoms. The molecule has 0 saturated carbocycles. The molecule has 34 heavy (non-hydrogen) atoms. The lowest BCUT2D eigenvalue weighted by Gasteiger charge is -2.27. The van der Waals surface area contributed by atoms with Crippen molar-refractivity contribution in [1.29, 1.82) is 0 Å². The highest BCUT2D eigenvalue weighted by atomic mass is 32.2. The van der Waals surface area contributed by atoms with Crippen LogP contribution in [0.1, 0.15) is 33.1 Å². The maximum absolute atomic E-state index is 13.6. The van der Waals surface area contributed by atoms with Gasteiger partial charge < -0.3 is 14.7 Å². The van der Waals surface area contributed by atoms with E-state index in [0.29, 0.717) is 5.56 Å². The molecule has 3 aromatic rings. The summed E-state index contributed by atoms with van der Waals surface area (Å²) in [7, 11) is -2.94. The Bertz CT molecular complexity index is 1360. The fourth-order valence-corrected chi connectivity index (χ4v) is 5.60. The minimum absolute atomic E-state index is 0.0299. The summed E-state index contributed by atoms with van der Waals surface area (Å²) in [6.07, 6.45) is 0. The van der Waals surface area contributed by atoms with Crippen molar-refractivity contribution >= 4 is 21.7 Å². The molecule has 1 atom stereocenters. The third kappa shape index (κ3) is 4.20. The quantitative estimate of drug-likeness (QED) is 0.536. The van der Waals surface area contributed by atoms with E-state index in [-0.39, 0.29) is 21.9 Å². The van der Waals surface area contributed by atoms with E-state index < -0.39 is 33.5 Å². The Morgan fingerprint density at radius 2 is 1.59 bits per heavy atom. The van der Waals surface area contributed by atoms with E-state index in [1.807, 2.05) is 31.2 Å². The number of hydrogen-bond acceptors (Lipinski definition) is 6. The lowest BCUT2D eigenvalue weighted by atomic mass is 10.0. The number of methoxy groups -OCH3 is 1. The number of benzene rings is 3. The van der Waals surface area contributed by atoms with Crippen molar-refractivity contribution < 1.29 is 27.9 Å². The number of sulfone groups is 1. The molecule has 8 heteroatoms. The molecule has 0 bridgehead atoms. The van der Waals surface area contributed by atoms with Gasteiger partial charge in [0.1, 0.15) is 4.91 Å². The number of hydrogen-bond donors (Lipinski definition) is 1. The van der Waals surface area contributed by atoms with Crippen LogP contribution in [0.4, 0.5) is 0 Å². The molecule has 174 valence electrons. The first-order chi connectivity index (χ1) is 16.2. The highest BCUT2D eigenvalue weighted by Gasteiger charge is 2.46. The summed E-state index contributed by atoms with van der Waals surface area (Å²) in [4.78, 5) is 25.9. The second-order valence-electron chi connectivity index (χ2n) is 7.96. The number of carbonyl (C=O) groups excluding carboxylic acids is 2. The fraction of sp³-hybridized carbons (Fsp3) is 0.154. The number of ether oxygens (including phenoxy) is 1. The van der Waals surface area contributed by atoms with Crippen molar-refractivity contribution in [1.82, 2.24) is 4.90 Å². The summed E-state index contributed by atoms with van der Waals surface area (Å²) in [5, 5.41) is 10.8. The maximum Gasteiger partial charge on any atom is 0.337 e. The third-order valence-corrected chi connectivity index (χ3v) is 7.61. The van der Waals surface area contributed by atoms with Crippen LogP contribution in [0.15, 0.2) is 94.4 Å². The van der Waals surface area contributed by atoms with Gasteiger partial charge in [0.15, 0.2) is 5.76 Å². The van der Waals surface area contributed by atoms with Gasteiger partial charge in [-0.15, -0.1) is 0 Å². The van der Waals surface area contributed by atoms with Gasteiger partial charge in [0.25, 0.3) is 5.91 Å². The molecule has 1 aliphatic heterocycles. The predicted octanol–water partition coefficient (Wildman–Crippen LogP) is 4.11. The maximum atomic E-state index is 13.6. The van der Waals surface area contributed by atoms with Crippen LogP contribution < -0.4 is 0 Å². The van der Waals surface area contributed by atoms with Gasteiger partial charge in [-0.25, -0.2) is 13.2 Å². The second-order valence-corrected chi connectivity index (χ2v) is 9.88. The van der Waals surface area contributed by atoms with Crippen molar-refractivity contribution in [3.05, 3.63) is 112 Å². The standard InChI is InChI=1S/C26H23NO6S/c1-17-8-10-18(11-9-17)16-27-22(19-12-14-20(15-13-19)26(30)33-2)24(23(28)25(27)29)34(31,32)21-6-4-3-5-7-21/h3-15,22,28H,16H2,1-2H3/t22-/m0/s1. The number of nitrogens with zero attached hydrogens (tertiary/aromatic N) is 1. The van der Waals surface area contributed by atoms with Crippen LogP contribution in [0.25, 0.3) is 0 Å². The topological polar surface area (TPSA) is 101 Å². The Labute approximate surface area is 197 Å². The van der Waals surface area contributed by atoms with Crippen LogP contribution in [0.2, 0.25) is 0 Å². The number of esters is 1. The first kappa shape index (κ1) is 23.3. The Morgan fingerprint density at radius 3 is 2.18 bits per heavy atom. The van der Waals surface area contributed by atoms with E-state index >= 15 is 0 Å². The number of amides is 1. The molecule has 1 N–H and O–H groups in total. The molecule has 3 aromatic carbocycles. The Balaban J connectivity index is 1.84. The van der Waals surface area contributed by atoms with Crippen molar-refractivity contribution in [3.63, 3.8) is 0 Å². The molecular formula is C26H23NO6S.